The first-order chi connectivity index (χ1) is 38.0. The molecule has 5 aromatic rings. The minimum atomic E-state index is -5.26. The first-order valence-corrected chi connectivity index (χ1v) is 28.6. The first kappa shape index (κ1) is 61.5. The maximum atomic E-state index is 15.7. The van der Waals surface area contributed by atoms with Gasteiger partial charge in [-0.2, -0.15) is 49.6 Å². The van der Waals surface area contributed by atoms with Gasteiger partial charge in [-0.15, -0.1) is 4.99 Å². The molecule has 2 fully saturated rings. The molecule has 0 unspecified atom stereocenters. The Labute approximate surface area is 470 Å². The van der Waals surface area contributed by atoms with E-state index < -0.39 is 196 Å². The molecule has 3 atom stereocenters. The van der Waals surface area contributed by atoms with E-state index >= 15 is 8.78 Å². The Morgan fingerprint density at radius 2 is 1.55 bits per heavy atom. The summed E-state index contributed by atoms with van der Waals surface area (Å²) in [4.78, 5) is 61.8. The van der Waals surface area contributed by atoms with Crippen LogP contribution in [0, 0.1) is 35.3 Å². The quantitative estimate of drug-likeness (QED) is 0.0462. The summed E-state index contributed by atoms with van der Waals surface area (Å²) in [5.74, 6) is -9.76. The average molecular weight is 1240 g/mol. The van der Waals surface area contributed by atoms with Crippen molar-refractivity contribution in [2.45, 2.75) is 101 Å². The van der Waals surface area contributed by atoms with Crippen LogP contribution in [0.5, 0.6) is 0 Å². The molecule has 0 radical (unpaired) electrons. The van der Waals surface area contributed by atoms with E-state index in [2.05, 4.69) is 42.6 Å². The lowest BCUT2D eigenvalue weighted by Crippen LogP contribution is -2.61. The van der Waals surface area contributed by atoms with Crippen LogP contribution in [0.25, 0.3) is 22.0 Å². The Balaban J connectivity index is 1.30. The number of amides is 4. The van der Waals surface area contributed by atoms with E-state index in [1.54, 1.807) is 0 Å². The molecule has 1 aliphatic heterocycles. The van der Waals surface area contributed by atoms with Crippen LogP contribution in [0.1, 0.15) is 86.9 Å². The second-order valence-electron chi connectivity index (χ2n) is 21.3. The zero-order valence-electron chi connectivity index (χ0n) is 44.3. The van der Waals surface area contributed by atoms with Crippen LogP contribution in [-0.4, -0.2) is 123 Å². The Morgan fingerprint density at radius 3 is 2.12 bits per heavy atom. The fourth-order valence-corrected chi connectivity index (χ4v) is 10.9. The zero-order chi connectivity index (χ0) is 61.6. The van der Waals surface area contributed by atoms with E-state index in [9.17, 15) is 76.2 Å². The van der Waals surface area contributed by atoms with Crippen LogP contribution in [0.4, 0.5) is 59.3 Å². The van der Waals surface area contributed by atoms with Crippen molar-refractivity contribution in [1.82, 2.24) is 40.1 Å². The number of likely N-dealkylation sites (tertiary alicyclic amines) is 1. The summed E-state index contributed by atoms with van der Waals surface area (Å²) in [6.45, 7) is 2.39. The van der Waals surface area contributed by atoms with Gasteiger partial charge in [0.25, 0.3) is 5.92 Å². The molecular weight excluding hydrogens is 1190 g/mol. The molecule has 0 bridgehead atoms. The Bertz CT molecular complexity index is 3840. The highest BCUT2D eigenvalue weighted by Gasteiger charge is 2.68. The SMILES string of the molecule is CC(C)(C)OC(=O)N/C(=N\C(=O)O)N1CC(C(=O)N(c2nn(CC(F)(F)F)c3c(-c4ccc(C#CC(C)(C)S(C)(=O)=O)nc4[C@H](Cc4cc(F)cc(F)c4)NC(=O)Cn4nc(C(F)(F)F)c5c4C(F)(F)[C@@H]4C[C@H]54)ccc(Cl)c23)S(C)(=O)=O)C1. The largest absolute Gasteiger partial charge is 0.463 e. The number of pyridine rings is 1. The molecule has 83 heavy (non-hydrogen) atoms. The lowest BCUT2D eigenvalue weighted by Gasteiger charge is -2.41. The number of aromatic nitrogens is 5. The van der Waals surface area contributed by atoms with Gasteiger partial charge in [0.05, 0.1) is 39.8 Å². The van der Waals surface area contributed by atoms with E-state index in [-0.39, 0.29) is 36.9 Å². The van der Waals surface area contributed by atoms with Crippen molar-refractivity contribution >= 4 is 78.1 Å². The molecule has 2 aliphatic carbocycles. The van der Waals surface area contributed by atoms with Gasteiger partial charge in [0, 0.05) is 48.0 Å². The Morgan fingerprint density at radius 1 is 0.928 bits per heavy atom. The predicted molar refractivity (Wildman–Crippen MR) is 275 cm³/mol. The fourth-order valence-electron chi connectivity index (χ4n) is 9.46. The van der Waals surface area contributed by atoms with Crippen LogP contribution in [0.15, 0.2) is 47.5 Å². The smallest absolute Gasteiger partial charge is 0.435 e. The van der Waals surface area contributed by atoms with Gasteiger partial charge >= 0.3 is 24.5 Å². The number of guanidine groups is 1. The molecule has 20 nitrogen and oxygen atoms in total. The van der Waals surface area contributed by atoms with E-state index in [1.165, 1.54) is 34.6 Å². The van der Waals surface area contributed by atoms with Crippen molar-refractivity contribution in [3.63, 3.8) is 0 Å². The third-order valence-electron chi connectivity index (χ3n) is 13.4. The van der Waals surface area contributed by atoms with Gasteiger partial charge in [0.15, 0.2) is 21.3 Å². The number of carbonyl (C=O) groups excluding carboxylic acids is 3. The van der Waals surface area contributed by atoms with Crippen LogP contribution >= 0.6 is 11.6 Å². The number of anilines is 1. The second-order valence-corrected chi connectivity index (χ2v) is 26.1. The molecule has 3 aromatic heterocycles. The molecule has 33 heteroatoms. The molecule has 2 aromatic carbocycles. The second kappa shape index (κ2) is 21.3. The highest BCUT2D eigenvalue weighted by Crippen LogP contribution is 2.68. The third-order valence-corrected chi connectivity index (χ3v) is 16.7. The number of carboxylic acid groups (broad SMARTS) is 1. The summed E-state index contributed by atoms with van der Waals surface area (Å²) in [5, 5.41) is 20.1. The van der Waals surface area contributed by atoms with Gasteiger partial charge in [-0.1, -0.05) is 23.6 Å². The lowest BCUT2D eigenvalue weighted by molar-refractivity contribution is -0.143. The summed E-state index contributed by atoms with van der Waals surface area (Å²) >= 11 is 6.73. The lowest BCUT2D eigenvalue weighted by atomic mass is 9.93. The number of carbonyl (C=O) groups is 4. The predicted octanol–water partition coefficient (Wildman–Crippen LogP) is 8.07. The number of ether oxygens (including phenoxy) is 1. The van der Waals surface area contributed by atoms with E-state index in [1.807, 2.05) is 0 Å². The summed E-state index contributed by atoms with van der Waals surface area (Å²) in [6, 6.07) is 4.49. The number of fused-ring (bicyclic) bond motifs is 4. The number of alkyl halides is 8. The van der Waals surface area contributed by atoms with Crippen molar-refractivity contribution in [1.29, 1.82) is 0 Å². The van der Waals surface area contributed by atoms with Crippen LogP contribution in [-0.2, 0) is 65.8 Å². The summed E-state index contributed by atoms with van der Waals surface area (Å²) < 4.78 is 205. The number of rotatable bonds is 12. The molecule has 3 aliphatic rings. The molecule has 0 spiro atoms. The monoisotopic (exact) mass is 1240 g/mol. The van der Waals surface area contributed by atoms with Crippen molar-refractivity contribution in [3.8, 4) is 23.0 Å². The van der Waals surface area contributed by atoms with Crippen molar-refractivity contribution in [2.75, 3.05) is 29.9 Å². The number of nitrogens with one attached hydrogen (secondary N) is 2. The molecule has 1 saturated heterocycles. The standard InChI is InChI=1S/C50H47ClF10N10O10S2/c1-46(2,3)81-45(76)65-43(64-44(74)75)68-19-24(20-68)42(73)71(83(7,79)80)41-36-32(51)11-10-29(38(36)70(67-41)22-48(54,55)56)28-9-8-27(12-13-47(4,5)82(6,77)78)62-37(28)33(16-23-14-25(52)17-26(53)15-23)63-34(72)21-69-40-35(39(66-69)50(59,60)61)30-18-31(30)49(40,57)58/h8-11,14-15,17,24,30-31,33H,16,18-22H2,1-7H3,(H,63,72)(H,74,75)(H,64,65,76)/t30-,31+,33-/m0/s1. The number of aliphatic imine (C=N–C) groups is 1. The number of halogens is 11. The maximum Gasteiger partial charge on any atom is 0.435 e. The van der Waals surface area contributed by atoms with Gasteiger partial charge < -0.3 is 20.1 Å². The normalized spacial score (nSPS) is 17.7. The van der Waals surface area contributed by atoms with E-state index in [0.717, 1.165) is 47.6 Å². The molecule has 4 heterocycles. The molecule has 3 N–H and O–H groups in total. The van der Waals surface area contributed by atoms with Gasteiger partial charge in [-0.25, -0.2) is 40.2 Å². The number of sulfonamides is 1. The number of alkyl carbamates (subject to hydrolysis) is 1. The highest BCUT2D eigenvalue weighted by molar-refractivity contribution is 7.93. The molecule has 446 valence electrons. The van der Waals surface area contributed by atoms with Crippen molar-refractivity contribution < 1.29 is 89.8 Å². The fraction of sp³-hybridized carbons (Fsp3) is 0.440. The Hall–Kier alpha value is -7.53. The van der Waals surface area contributed by atoms with E-state index in [4.69, 9.17) is 16.3 Å². The average Bonchev–Trinajstić information content (AvgIpc) is 1.89. The number of hydrogen-bond acceptors (Lipinski definition) is 12. The van der Waals surface area contributed by atoms with Crippen LogP contribution < -0.4 is 14.9 Å². The number of sulfone groups is 1. The first-order valence-electron chi connectivity index (χ1n) is 24.5. The molecular formula is C50H47ClF10N10O10S2. The number of hydrogen-bond donors (Lipinski definition) is 3. The third kappa shape index (κ3) is 13.0. The number of benzene rings is 2. The maximum absolute atomic E-state index is 15.7. The number of nitrogens with zero attached hydrogens (tertiary/aromatic N) is 8. The molecule has 1 saturated carbocycles. The van der Waals surface area contributed by atoms with Crippen molar-refractivity contribution in [3.05, 3.63) is 93.0 Å². The van der Waals surface area contributed by atoms with Gasteiger partial charge in [0.2, 0.25) is 27.8 Å². The van der Waals surface area contributed by atoms with Crippen LogP contribution in [0.2, 0.25) is 5.02 Å². The van der Waals surface area contributed by atoms with Gasteiger partial charge in [-0.3, -0.25) is 24.3 Å². The van der Waals surface area contributed by atoms with Crippen LogP contribution in [0.3, 0.4) is 0 Å². The van der Waals surface area contributed by atoms with Gasteiger partial charge in [-0.05, 0) is 95.2 Å². The summed E-state index contributed by atoms with van der Waals surface area (Å²) in [6.07, 6.45) is -13.2. The molecule has 4 amide bonds. The highest BCUT2D eigenvalue weighted by atomic mass is 35.5. The van der Waals surface area contributed by atoms with Crippen molar-refractivity contribution in [2.24, 2.45) is 16.8 Å². The topological polar surface area (TPSA) is 257 Å². The summed E-state index contributed by atoms with van der Waals surface area (Å²) in [5.41, 5.74) is -7.38. The summed E-state index contributed by atoms with van der Waals surface area (Å²) in [7, 11) is -8.92. The molecule has 8 rings (SSSR count). The minimum absolute atomic E-state index is 0.0430. The minimum Gasteiger partial charge on any atom is -0.463 e. The Kier molecular flexibility index (Phi) is 15.8. The van der Waals surface area contributed by atoms with E-state index in [0.29, 0.717) is 12.3 Å². The van der Waals surface area contributed by atoms with Gasteiger partial charge in [0.1, 0.15) is 46.5 Å². The zero-order valence-corrected chi connectivity index (χ0v) is 46.7.